The quantitative estimate of drug-likeness (QED) is 0.680. The first kappa shape index (κ1) is 14.2. The molecule has 0 unspecified atom stereocenters. The van der Waals surface area contributed by atoms with E-state index in [1.54, 1.807) is 12.1 Å². The molecule has 3 aromatic rings. The molecule has 22 heavy (non-hydrogen) atoms. The van der Waals surface area contributed by atoms with E-state index in [1.807, 2.05) is 48.8 Å². The molecular weight excluding hydrogens is 297 g/mol. The number of benzene rings is 2. The number of aromatic nitrogens is 1. The first-order valence-corrected chi connectivity index (χ1v) is 7.44. The van der Waals surface area contributed by atoms with E-state index in [4.69, 9.17) is 5.26 Å². The Morgan fingerprint density at radius 1 is 1.09 bits per heavy atom. The van der Waals surface area contributed by atoms with Crippen LogP contribution in [0.1, 0.15) is 5.56 Å². The van der Waals surface area contributed by atoms with Crippen LogP contribution in [0.2, 0.25) is 0 Å². The summed E-state index contributed by atoms with van der Waals surface area (Å²) in [6.07, 6.45) is 3.77. The molecule has 0 amide bonds. The molecule has 3 nitrogen and oxygen atoms in total. The first-order chi connectivity index (χ1) is 10.8. The number of H-pyrrole nitrogens is 1. The summed E-state index contributed by atoms with van der Waals surface area (Å²) in [5.41, 5.74) is 2.80. The van der Waals surface area contributed by atoms with Crippen LogP contribution in [0.4, 0.5) is 10.1 Å². The standard InChI is InChI=1S/C17H12FN3S/c18-15-8-12(9-19)6-7-16(15)21-22-17-11-20-10-14(17)13-4-2-1-3-5-13/h1-8,10-11,20-21H. The lowest BCUT2D eigenvalue weighted by Gasteiger charge is -2.07. The van der Waals surface area contributed by atoms with Crippen molar-refractivity contribution in [1.82, 2.24) is 4.98 Å². The molecule has 0 saturated heterocycles. The molecule has 2 N–H and O–H groups in total. The SMILES string of the molecule is N#Cc1ccc(NSc2c[nH]cc2-c2ccccc2)c(F)c1. The Morgan fingerprint density at radius 2 is 1.91 bits per heavy atom. The van der Waals surface area contributed by atoms with Crippen LogP contribution in [-0.2, 0) is 0 Å². The lowest BCUT2D eigenvalue weighted by molar-refractivity contribution is 0.632. The molecule has 3 rings (SSSR count). The maximum atomic E-state index is 13.9. The van der Waals surface area contributed by atoms with Crippen molar-refractivity contribution in [3.63, 3.8) is 0 Å². The normalized spacial score (nSPS) is 10.2. The third-order valence-electron chi connectivity index (χ3n) is 3.16. The van der Waals surface area contributed by atoms with Crippen LogP contribution >= 0.6 is 11.9 Å². The van der Waals surface area contributed by atoms with E-state index >= 15 is 0 Å². The minimum absolute atomic E-state index is 0.305. The zero-order valence-corrected chi connectivity index (χ0v) is 12.3. The predicted octanol–water partition coefficient (Wildman–Crippen LogP) is 4.81. The van der Waals surface area contributed by atoms with Gasteiger partial charge in [0.15, 0.2) is 0 Å². The average molecular weight is 309 g/mol. The van der Waals surface area contributed by atoms with E-state index in [-0.39, 0.29) is 0 Å². The molecule has 2 aromatic carbocycles. The zero-order valence-electron chi connectivity index (χ0n) is 11.5. The topological polar surface area (TPSA) is 51.6 Å². The maximum Gasteiger partial charge on any atom is 0.148 e. The third-order valence-corrected chi connectivity index (χ3v) is 4.04. The van der Waals surface area contributed by atoms with E-state index < -0.39 is 5.82 Å². The minimum Gasteiger partial charge on any atom is -0.366 e. The molecule has 0 aliphatic rings. The van der Waals surface area contributed by atoms with Gasteiger partial charge in [-0.25, -0.2) is 4.39 Å². The Balaban J connectivity index is 1.79. The molecule has 0 saturated carbocycles. The van der Waals surface area contributed by atoms with Gasteiger partial charge < -0.3 is 9.71 Å². The largest absolute Gasteiger partial charge is 0.366 e. The maximum absolute atomic E-state index is 13.9. The minimum atomic E-state index is -0.441. The van der Waals surface area contributed by atoms with Gasteiger partial charge in [0.2, 0.25) is 0 Å². The lowest BCUT2D eigenvalue weighted by atomic mass is 10.1. The summed E-state index contributed by atoms with van der Waals surface area (Å²) < 4.78 is 16.8. The summed E-state index contributed by atoms with van der Waals surface area (Å²) in [6.45, 7) is 0. The summed E-state index contributed by atoms with van der Waals surface area (Å²) in [5, 5.41) is 8.75. The molecule has 0 aliphatic heterocycles. The highest BCUT2D eigenvalue weighted by Gasteiger charge is 2.09. The van der Waals surface area contributed by atoms with Gasteiger partial charge in [0, 0.05) is 18.0 Å². The van der Waals surface area contributed by atoms with Gasteiger partial charge in [-0.3, -0.25) is 0 Å². The summed E-state index contributed by atoms with van der Waals surface area (Å²) >= 11 is 1.33. The smallest absolute Gasteiger partial charge is 0.148 e. The van der Waals surface area contributed by atoms with Gasteiger partial charge in [0.1, 0.15) is 5.82 Å². The molecule has 5 heteroatoms. The Hall–Kier alpha value is -2.71. The van der Waals surface area contributed by atoms with Crippen molar-refractivity contribution in [2.45, 2.75) is 4.90 Å². The van der Waals surface area contributed by atoms with Crippen molar-refractivity contribution >= 4 is 17.6 Å². The van der Waals surface area contributed by atoms with Crippen LogP contribution in [0.15, 0.2) is 65.8 Å². The predicted molar refractivity (Wildman–Crippen MR) is 86.8 cm³/mol. The van der Waals surface area contributed by atoms with E-state index in [1.165, 1.54) is 18.0 Å². The average Bonchev–Trinajstić information content (AvgIpc) is 3.03. The van der Waals surface area contributed by atoms with Gasteiger partial charge >= 0.3 is 0 Å². The molecule has 1 heterocycles. The number of nitrogens with one attached hydrogen (secondary N) is 2. The molecule has 0 aliphatic carbocycles. The van der Waals surface area contributed by atoms with Crippen LogP contribution in [0, 0.1) is 17.1 Å². The number of anilines is 1. The van der Waals surface area contributed by atoms with E-state index in [0.29, 0.717) is 11.3 Å². The van der Waals surface area contributed by atoms with Gasteiger partial charge in [-0.05, 0) is 35.7 Å². The second-order valence-corrected chi connectivity index (χ2v) is 5.46. The zero-order chi connectivity index (χ0) is 15.4. The Bertz CT molecular complexity index is 821. The molecule has 0 fully saturated rings. The van der Waals surface area contributed by atoms with Crippen molar-refractivity contribution in [2.24, 2.45) is 0 Å². The Kier molecular flexibility index (Phi) is 4.12. The van der Waals surface area contributed by atoms with Crippen LogP contribution in [-0.4, -0.2) is 4.98 Å². The van der Waals surface area contributed by atoms with E-state index in [0.717, 1.165) is 16.0 Å². The molecule has 1 aromatic heterocycles. The summed E-state index contributed by atoms with van der Waals surface area (Å²) in [7, 11) is 0. The third kappa shape index (κ3) is 2.97. The van der Waals surface area contributed by atoms with Crippen LogP contribution in [0.25, 0.3) is 11.1 Å². The summed E-state index contributed by atoms with van der Waals surface area (Å²) in [4.78, 5) is 4.04. The number of halogens is 1. The number of hydrogen-bond acceptors (Lipinski definition) is 3. The van der Waals surface area contributed by atoms with Crippen molar-refractivity contribution in [3.8, 4) is 17.2 Å². The molecule has 0 bridgehead atoms. The Morgan fingerprint density at radius 3 is 2.64 bits per heavy atom. The molecular formula is C17H12FN3S. The lowest BCUT2D eigenvalue weighted by Crippen LogP contribution is -1.92. The number of hydrogen-bond donors (Lipinski definition) is 2. The number of rotatable bonds is 4. The van der Waals surface area contributed by atoms with Gasteiger partial charge in [0.05, 0.1) is 22.2 Å². The molecule has 0 atom stereocenters. The van der Waals surface area contributed by atoms with Crippen LogP contribution in [0.5, 0.6) is 0 Å². The molecule has 0 radical (unpaired) electrons. The monoisotopic (exact) mass is 309 g/mol. The van der Waals surface area contributed by atoms with Crippen molar-refractivity contribution in [2.75, 3.05) is 4.72 Å². The van der Waals surface area contributed by atoms with Crippen LogP contribution in [0.3, 0.4) is 0 Å². The number of nitriles is 1. The van der Waals surface area contributed by atoms with Crippen LogP contribution < -0.4 is 4.72 Å². The summed E-state index contributed by atoms with van der Waals surface area (Å²) in [5.74, 6) is -0.441. The second kappa shape index (κ2) is 6.37. The van der Waals surface area contributed by atoms with E-state index in [9.17, 15) is 4.39 Å². The van der Waals surface area contributed by atoms with Gasteiger partial charge in [0.25, 0.3) is 0 Å². The van der Waals surface area contributed by atoms with Crippen molar-refractivity contribution in [1.29, 1.82) is 5.26 Å². The number of nitrogens with zero attached hydrogens (tertiary/aromatic N) is 1. The highest BCUT2D eigenvalue weighted by molar-refractivity contribution is 8.00. The van der Waals surface area contributed by atoms with E-state index in [2.05, 4.69) is 9.71 Å². The van der Waals surface area contributed by atoms with Gasteiger partial charge in [-0.15, -0.1) is 0 Å². The Labute approximate surface area is 131 Å². The molecule has 0 spiro atoms. The number of aromatic amines is 1. The highest BCUT2D eigenvalue weighted by atomic mass is 32.2. The fraction of sp³-hybridized carbons (Fsp3) is 0. The van der Waals surface area contributed by atoms with Gasteiger partial charge in [-0.1, -0.05) is 30.3 Å². The molecule has 108 valence electrons. The fourth-order valence-electron chi connectivity index (χ4n) is 2.05. The summed E-state index contributed by atoms with van der Waals surface area (Å²) in [6, 6.07) is 16.3. The first-order valence-electron chi connectivity index (χ1n) is 6.62. The van der Waals surface area contributed by atoms with Crippen molar-refractivity contribution < 1.29 is 4.39 Å². The highest BCUT2D eigenvalue weighted by Crippen LogP contribution is 2.32. The second-order valence-electron chi connectivity index (χ2n) is 4.61. The van der Waals surface area contributed by atoms with Gasteiger partial charge in [-0.2, -0.15) is 5.26 Å². The van der Waals surface area contributed by atoms with Crippen molar-refractivity contribution in [3.05, 3.63) is 72.3 Å². The fourth-order valence-corrected chi connectivity index (χ4v) is 2.85.